The second-order valence-corrected chi connectivity index (χ2v) is 5.69. The van der Waals surface area contributed by atoms with Gasteiger partial charge in [0.05, 0.1) is 19.9 Å². The van der Waals surface area contributed by atoms with Gasteiger partial charge in [0.2, 0.25) is 0 Å². The summed E-state index contributed by atoms with van der Waals surface area (Å²) < 4.78 is 15.2. The number of anilines is 1. The Morgan fingerprint density at radius 2 is 1.56 bits per heavy atom. The lowest BCUT2D eigenvalue weighted by Crippen LogP contribution is -2.21. The molecule has 0 radical (unpaired) electrons. The highest BCUT2D eigenvalue weighted by Gasteiger charge is 2.16. The number of methoxy groups -OCH3 is 2. The van der Waals surface area contributed by atoms with Gasteiger partial charge in [-0.05, 0) is 36.4 Å². The normalized spacial score (nSPS) is 10.1. The predicted octanol–water partition coefficient (Wildman–Crippen LogP) is 3.81. The molecule has 0 aromatic heterocycles. The van der Waals surface area contributed by atoms with Crippen molar-refractivity contribution in [3.63, 3.8) is 0 Å². The van der Waals surface area contributed by atoms with Crippen molar-refractivity contribution in [2.24, 2.45) is 0 Å². The Kier molecular flexibility index (Phi) is 6.50. The summed E-state index contributed by atoms with van der Waals surface area (Å²) in [7, 11) is 2.88. The van der Waals surface area contributed by atoms with Crippen LogP contribution in [-0.2, 0) is 9.53 Å². The molecule has 0 aliphatic heterocycles. The molecule has 2 rings (SSSR count). The number of halogens is 2. The van der Waals surface area contributed by atoms with Crippen LogP contribution in [0, 0.1) is 0 Å². The molecule has 8 heteroatoms. The number of carbonyl (C=O) groups excluding carboxylic acids is 2. The van der Waals surface area contributed by atoms with E-state index in [4.69, 9.17) is 37.4 Å². The third kappa shape index (κ3) is 5.01. The van der Waals surface area contributed by atoms with Gasteiger partial charge < -0.3 is 19.5 Å². The molecule has 1 amide bonds. The molecular formula is C17H15Cl2NO5. The minimum Gasteiger partial charge on any atom is -0.496 e. The minimum atomic E-state index is -0.729. The van der Waals surface area contributed by atoms with E-state index in [1.807, 2.05) is 0 Å². The van der Waals surface area contributed by atoms with Crippen LogP contribution in [0.3, 0.4) is 0 Å². The van der Waals surface area contributed by atoms with Gasteiger partial charge in [-0.1, -0.05) is 23.2 Å². The molecule has 0 aliphatic carbocycles. The fraction of sp³-hybridized carbons (Fsp3) is 0.176. The van der Waals surface area contributed by atoms with E-state index in [1.165, 1.54) is 32.4 Å². The van der Waals surface area contributed by atoms with Gasteiger partial charge in [-0.25, -0.2) is 4.79 Å². The van der Waals surface area contributed by atoms with Crippen LogP contribution in [0.1, 0.15) is 10.4 Å². The molecule has 6 nitrogen and oxygen atoms in total. The van der Waals surface area contributed by atoms with Crippen LogP contribution >= 0.6 is 23.2 Å². The molecule has 0 aliphatic rings. The molecule has 1 N–H and O–H groups in total. The summed E-state index contributed by atoms with van der Waals surface area (Å²) in [5, 5.41) is 3.34. The lowest BCUT2D eigenvalue weighted by atomic mass is 10.2. The molecule has 2 aromatic rings. The summed E-state index contributed by atoms with van der Waals surface area (Å²) in [5.41, 5.74) is 0.500. The van der Waals surface area contributed by atoms with Crippen LogP contribution in [0.4, 0.5) is 5.69 Å². The van der Waals surface area contributed by atoms with Crippen molar-refractivity contribution >= 4 is 40.8 Å². The van der Waals surface area contributed by atoms with Gasteiger partial charge in [-0.15, -0.1) is 0 Å². The van der Waals surface area contributed by atoms with Crippen LogP contribution in [0.25, 0.3) is 0 Å². The number of hydrogen-bond donors (Lipinski definition) is 1. The van der Waals surface area contributed by atoms with E-state index in [0.29, 0.717) is 27.2 Å². The first-order valence-electron chi connectivity index (χ1n) is 7.08. The topological polar surface area (TPSA) is 73.9 Å². The molecule has 0 unspecified atom stereocenters. The summed E-state index contributed by atoms with van der Waals surface area (Å²) in [6, 6.07) is 9.29. The smallest absolute Gasteiger partial charge is 0.342 e. The summed E-state index contributed by atoms with van der Waals surface area (Å²) in [5.74, 6) is -0.547. The van der Waals surface area contributed by atoms with Crippen molar-refractivity contribution in [1.82, 2.24) is 0 Å². The van der Waals surface area contributed by atoms with Crippen molar-refractivity contribution in [1.29, 1.82) is 0 Å². The van der Waals surface area contributed by atoms with E-state index in [1.54, 1.807) is 18.2 Å². The van der Waals surface area contributed by atoms with E-state index < -0.39 is 18.5 Å². The molecule has 25 heavy (non-hydrogen) atoms. The second-order valence-electron chi connectivity index (χ2n) is 4.81. The molecule has 0 fully saturated rings. The SMILES string of the molecule is COc1ccc(Cl)cc1NC(=O)COC(=O)c1cc(Cl)ccc1OC. The first-order chi connectivity index (χ1) is 11.9. The maximum Gasteiger partial charge on any atom is 0.342 e. The zero-order valence-electron chi connectivity index (χ0n) is 13.5. The molecule has 0 spiro atoms. The minimum absolute atomic E-state index is 0.128. The van der Waals surface area contributed by atoms with E-state index in [-0.39, 0.29) is 5.56 Å². The molecule has 0 bridgehead atoms. The maximum absolute atomic E-state index is 12.1. The van der Waals surface area contributed by atoms with Crippen LogP contribution in [-0.4, -0.2) is 32.7 Å². The lowest BCUT2D eigenvalue weighted by Gasteiger charge is -2.11. The average Bonchev–Trinajstić information content (AvgIpc) is 2.60. The standard InChI is InChI=1S/C17H15Cl2NO5/c1-23-14-5-3-10(18)7-12(14)17(22)25-9-16(21)20-13-8-11(19)4-6-15(13)24-2/h3-8H,9H2,1-2H3,(H,20,21). The van der Waals surface area contributed by atoms with Crippen molar-refractivity contribution in [2.75, 3.05) is 26.1 Å². The van der Waals surface area contributed by atoms with E-state index in [9.17, 15) is 9.59 Å². The summed E-state index contributed by atoms with van der Waals surface area (Å²) in [6.45, 7) is -0.496. The number of benzene rings is 2. The van der Waals surface area contributed by atoms with Crippen molar-refractivity contribution in [2.45, 2.75) is 0 Å². The quantitative estimate of drug-likeness (QED) is 0.767. The first-order valence-corrected chi connectivity index (χ1v) is 7.84. The van der Waals surface area contributed by atoms with Crippen molar-refractivity contribution < 1.29 is 23.8 Å². The van der Waals surface area contributed by atoms with Gasteiger partial charge in [0.1, 0.15) is 17.1 Å². The van der Waals surface area contributed by atoms with Gasteiger partial charge in [-0.2, -0.15) is 0 Å². The third-order valence-corrected chi connectivity index (χ3v) is 3.62. The van der Waals surface area contributed by atoms with Crippen LogP contribution in [0.2, 0.25) is 10.0 Å². The largest absolute Gasteiger partial charge is 0.496 e. The fourth-order valence-electron chi connectivity index (χ4n) is 2.01. The Hall–Kier alpha value is -2.44. The van der Waals surface area contributed by atoms with Gasteiger partial charge in [-0.3, -0.25) is 4.79 Å². The first kappa shape index (κ1) is 18.9. The van der Waals surface area contributed by atoms with E-state index in [2.05, 4.69) is 5.32 Å². The number of amides is 1. The predicted molar refractivity (Wildman–Crippen MR) is 94.9 cm³/mol. The molecule has 0 saturated heterocycles. The van der Waals surface area contributed by atoms with Gasteiger partial charge in [0.15, 0.2) is 6.61 Å². The molecule has 132 valence electrons. The van der Waals surface area contributed by atoms with Gasteiger partial charge in [0.25, 0.3) is 5.91 Å². The zero-order valence-corrected chi connectivity index (χ0v) is 15.0. The molecular weight excluding hydrogens is 369 g/mol. The summed E-state index contributed by atoms with van der Waals surface area (Å²) >= 11 is 11.8. The summed E-state index contributed by atoms with van der Waals surface area (Å²) in [6.07, 6.45) is 0. The average molecular weight is 384 g/mol. The Balaban J connectivity index is 2.02. The fourth-order valence-corrected chi connectivity index (χ4v) is 2.36. The highest BCUT2D eigenvalue weighted by Crippen LogP contribution is 2.27. The molecule has 0 atom stereocenters. The Bertz CT molecular complexity index is 795. The molecule has 0 heterocycles. The highest BCUT2D eigenvalue weighted by molar-refractivity contribution is 6.31. The molecule has 0 saturated carbocycles. The van der Waals surface area contributed by atoms with Crippen molar-refractivity contribution in [3.05, 3.63) is 52.0 Å². The van der Waals surface area contributed by atoms with Crippen LogP contribution in [0.5, 0.6) is 11.5 Å². The number of carbonyl (C=O) groups is 2. The number of nitrogens with one attached hydrogen (secondary N) is 1. The Morgan fingerprint density at radius 1 is 0.960 bits per heavy atom. The van der Waals surface area contributed by atoms with Crippen molar-refractivity contribution in [3.8, 4) is 11.5 Å². The zero-order chi connectivity index (χ0) is 18.4. The Labute approximate surface area is 154 Å². The third-order valence-electron chi connectivity index (χ3n) is 3.15. The second kappa shape index (κ2) is 8.60. The van der Waals surface area contributed by atoms with Crippen LogP contribution < -0.4 is 14.8 Å². The lowest BCUT2D eigenvalue weighted by molar-refractivity contribution is -0.119. The summed E-state index contributed by atoms with van der Waals surface area (Å²) in [4.78, 5) is 24.1. The monoisotopic (exact) mass is 383 g/mol. The Morgan fingerprint density at radius 3 is 2.20 bits per heavy atom. The maximum atomic E-state index is 12.1. The van der Waals surface area contributed by atoms with E-state index >= 15 is 0 Å². The highest BCUT2D eigenvalue weighted by atomic mass is 35.5. The van der Waals surface area contributed by atoms with E-state index in [0.717, 1.165) is 0 Å². The number of hydrogen-bond acceptors (Lipinski definition) is 5. The number of esters is 1. The van der Waals surface area contributed by atoms with Gasteiger partial charge >= 0.3 is 5.97 Å². The number of ether oxygens (including phenoxy) is 3. The molecule has 2 aromatic carbocycles. The van der Waals surface area contributed by atoms with Gasteiger partial charge in [0, 0.05) is 10.0 Å². The van der Waals surface area contributed by atoms with Crippen LogP contribution in [0.15, 0.2) is 36.4 Å². The number of rotatable bonds is 6.